The van der Waals surface area contributed by atoms with E-state index in [1.807, 2.05) is 12.1 Å². The molecule has 0 unspecified atom stereocenters. The number of rotatable bonds is 4. The number of nitrogens with zero attached hydrogens (tertiary/aromatic N) is 1. The second-order valence-corrected chi connectivity index (χ2v) is 5.22. The summed E-state index contributed by atoms with van der Waals surface area (Å²) in [7, 11) is 0. The average Bonchev–Trinajstić information content (AvgIpc) is 2.77. The van der Waals surface area contributed by atoms with Crippen LogP contribution in [-0.2, 0) is 11.3 Å². The van der Waals surface area contributed by atoms with Gasteiger partial charge in [0.15, 0.2) is 0 Å². The van der Waals surface area contributed by atoms with E-state index in [9.17, 15) is 4.79 Å². The van der Waals surface area contributed by atoms with E-state index in [1.165, 1.54) is 0 Å². The summed E-state index contributed by atoms with van der Waals surface area (Å²) in [5.74, 6) is 0.122. The van der Waals surface area contributed by atoms with Crippen molar-refractivity contribution in [2.75, 3.05) is 13.1 Å². The minimum absolute atomic E-state index is 0.0237. The molecule has 3 nitrogen and oxygen atoms in total. The van der Waals surface area contributed by atoms with Crippen molar-refractivity contribution in [3.8, 4) is 0 Å². The third kappa shape index (κ3) is 2.97. The maximum absolute atomic E-state index is 11.7. The van der Waals surface area contributed by atoms with Crippen LogP contribution < -0.4 is 5.32 Å². The Morgan fingerprint density at radius 2 is 2.17 bits per heavy atom. The van der Waals surface area contributed by atoms with Gasteiger partial charge in [0.25, 0.3) is 0 Å². The summed E-state index contributed by atoms with van der Waals surface area (Å²) in [6.07, 6.45) is 0.869. The molecule has 1 saturated heterocycles. The Balaban J connectivity index is 2.10. The van der Waals surface area contributed by atoms with Gasteiger partial charge in [-0.25, -0.2) is 0 Å². The molecule has 1 aliphatic rings. The Kier molecular flexibility index (Phi) is 4.49. The molecule has 5 heteroatoms. The van der Waals surface area contributed by atoms with E-state index in [2.05, 4.69) is 17.1 Å². The van der Waals surface area contributed by atoms with E-state index in [1.54, 1.807) is 6.07 Å². The van der Waals surface area contributed by atoms with Gasteiger partial charge in [-0.2, -0.15) is 0 Å². The SMILES string of the molecule is CCN(Cc1ccc(Cl)c(Cl)c1)[C@@H]1CCNC1=O. The van der Waals surface area contributed by atoms with Crippen LogP contribution in [0, 0.1) is 0 Å². The van der Waals surface area contributed by atoms with Gasteiger partial charge in [-0.3, -0.25) is 9.69 Å². The molecule has 1 atom stereocenters. The molecule has 2 rings (SSSR count). The lowest BCUT2D eigenvalue weighted by atomic mass is 10.1. The summed E-state index contributed by atoms with van der Waals surface area (Å²) < 4.78 is 0. The van der Waals surface area contributed by atoms with Gasteiger partial charge < -0.3 is 5.32 Å². The highest BCUT2D eigenvalue weighted by molar-refractivity contribution is 6.42. The lowest BCUT2D eigenvalue weighted by molar-refractivity contribution is -0.123. The molecule has 98 valence electrons. The maximum atomic E-state index is 11.7. The molecule has 1 aromatic carbocycles. The number of benzene rings is 1. The van der Waals surface area contributed by atoms with Crippen LogP contribution in [0.4, 0.5) is 0 Å². The number of carbonyl (C=O) groups is 1. The highest BCUT2D eigenvalue weighted by atomic mass is 35.5. The summed E-state index contributed by atoms with van der Waals surface area (Å²) in [5, 5.41) is 3.98. The molecule has 0 aliphatic carbocycles. The fourth-order valence-corrected chi connectivity index (χ4v) is 2.56. The van der Waals surface area contributed by atoms with E-state index >= 15 is 0 Å². The smallest absolute Gasteiger partial charge is 0.237 e. The summed E-state index contributed by atoms with van der Waals surface area (Å²) >= 11 is 11.9. The maximum Gasteiger partial charge on any atom is 0.237 e. The number of carbonyl (C=O) groups excluding carboxylic acids is 1. The molecule has 1 aliphatic heterocycles. The highest BCUT2D eigenvalue weighted by Crippen LogP contribution is 2.24. The first-order chi connectivity index (χ1) is 8.61. The molecule has 18 heavy (non-hydrogen) atoms. The molecule has 1 N–H and O–H groups in total. The summed E-state index contributed by atoms with van der Waals surface area (Å²) in [5.41, 5.74) is 1.07. The van der Waals surface area contributed by atoms with Crippen molar-refractivity contribution < 1.29 is 4.79 Å². The van der Waals surface area contributed by atoms with Crippen LogP contribution in [0.15, 0.2) is 18.2 Å². The van der Waals surface area contributed by atoms with Crippen LogP contribution in [0.3, 0.4) is 0 Å². The zero-order valence-electron chi connectivity index (χ0n) is 10.2. The third-order valence-corrected chi connectivity index (χ3v) is 3.98. The molecular weight excluding hydrogens is 271 g/mol. The van der Waals surface area contributed by atoms with Crippen molar-refractivity contribution in [2.24, 2.45) is 0 Å². The van der Waals surface area contributed by atoms with Gasteiger partial charge in [0.05, 0.1) is 16.1 Å². The molecule has 0 bridgehead atoms. The van der Waals surface area contributed by atoms with Crippen molar-refractivity contribution in [1.82, 2.24) is 10.2 Å². The fourth-order valence-electron chi connectivity index (χ4n) is 2.24. The number of hydrogen-bond acceptors (Lipinski definition) is 2. The summed E-state index contributed by atoms with van der Waals surface area (Å²) in [6.45, 7) is 4.37. The first kappa shape index (κ1) is 13.7. The van der Waals surface area contributed by atoms with Gasteiger partial charge in [-0.05, 0) is 30.7 Å². The molecule has 0 spiro atoms. The molecule has 1 heterocycles. The predicted molar refractivity (Wildman–Crippen MR) is 74.0 cm³/mol. The highest BCUT2D eigenvalue weighted by Gasteiger charge is 2.29. The lowest BCUT2D eigenvalue weighted by Gasteiger charge is -2.25. The van der Waals surface area contributed by atoms with E-state index in [0.29, 0.717) is 16.6 Å². The third-order valence-electron chi connectivity index (χ3n) is 3.24. The topological polar surface area (TPSA) is 32.3 Å². The molecule has 1 amide bonds. The van der Waals surface area contributed by atoms with Gasteiger partial charge in [0.1, 0.15) is 0 Å². The first-order valence-corrected chi connectivity index (χ1v) is 6.83. The molecule has 0 radical (unpaired) electrons. The minimum Gasteiger partial charge on any atom is -0.355 e. The number of halogens is 2. The summed E-state index contributed by atoms with van der Waals surface area (Å²) in [6, 6.07) is 5.58. The van der Waals surface area contributed by atoms with Gasteiger partial charge >= 0.3 is 0 Å². The van der Waals surface area contributed by atoms with E-state index in [4.69, 9.17) is 23.2 Å². The lowest BCUT2D eigenvalue weighted by Crippen LogP contribution is -2.40. The average molecular weight is 287 g/mol. The van der Waals surface area contributed by atoms with Crippen molar-refractivity contribution >= 4 is 29.1 Å². The van der Waals surface area contributed by atoms with Gasteiger partial charge in [0.2, 0.25) is 5.91 Å². The largest absolute Gasteiger partial charge is 0.355 e. The van der Waals surface area contributed by atoms with Gasteiger partial charge in [0, 0.05) is 13.1 Å². The van der Waals surface area contributed by atoms with Crippen LogP contribution >= 0.6 is 23.2 Å². The van der Waals surface area contributed by atoms with Gasteiger partial charge in [-0.1, -0.05) is 36.2 Å². The Morgan fingerprint density at radius 3 is 2.72 bits per heavy atom. The number of likely N-dealkylation sites (N-methyl/N-ethyl adjacent to an activating group) is 1. The number of hydrogen-bond donors (Lipinski definition) is 1. The van der Waals surface area contributed by atoms with Crippen LogP contribution in [0.2, 0.25) is 10.0 Å². The fraction of sp³-hybridized carbons (Fsp3) is 0.462. The quantitative estimate of drug-likeness (QED) is 0.923. The first-order valence-electron chi connectivity index (χ1n) is 6.07. The van der Waals surface area contributed by atoms with E-state index in [0.717, 1.165) is 25.1 Å². The Labute approximate surface area is 117 Å². The number of amides is 1. The number of nitrogens with one attached hydrogen (secondary N) is 1. The van der Waals surface area contributed by atoms with Crippen LogP contribution in [0.25, 0.3) is 0 Å². The Hall–Kier alpha value is -0.770. The standard InChI is InChI=1S/C13H16Cl2N2O/c1-2-17(12-5-6-16-13(12)18)8-9-3-4-10(14)11(15)7-9/h3-4,7,12H,2,5-6,8H2,1H3,(H,16,18)/t12-/m1/s1. The second-order valence-electron chi connectivity index (χ2n) is 4.41. The van der Waals surface area contributed by atoms with Crippen LogP contribution in [-0.4, -0.2) is 29.9 Å². The molecule has 1 aromatic rings. The van der Waals surface area contributed by atoms with Crippen LogP contribution in [0.5, 0.6) is 0 Å². The zero-order valence-corrected chi connectivity index (χ0v) is 11.8. The molecule has 1 fully saturated rings. The Bertz CT molecular complexity index is 451. The van der Waals surface area contributed by atoms with Crippen molar-refractivity contribution in [1.29, 1.82) is 0 Å². The predicted octanol–water partition coefficient (Wildman–Crippen LogP) is 2.70. The molecule has 0 saturated carbocycles. The van der Waals surface area contributed by atoms with E-state index < -0.39 is 0 Å². The van der Waals surface area contributed by atoms with E-state index in [-0.39, 0.29) is 11.9 Å². The van der Waals surface area contributed by atoms with Crippen molar-refractivity contribution in [3.05, 3.63) is 33.8 Å². The van der Waals surface area contributed by atoms with Crippen LogP contribution in [0.1, 0.15) is 18.9 Å². The molecule has 0 aromatic heterocycles. The van der Waals surface area contributed by atoms with Crippen molar-refractivity contribution in [2.45, 2.75) is 25.9 Å². The monoisotopic (exact) mass is 286 g/mol. The van der Waals surface area contributed by atoms with Crippen molar-refractivity contribution in [3.63, 3.8) is 0 Å². The minimum atomic E-state index is -0.0237. The molecular formula is C13H16Cl2N2O. The second kappa shape index (κ2) is 5.91. The Morgan fingerprint density at radius 1 is 1.39 bits per heavy atom. The zero-order chi connectivity index (χ0) is 13.1. The normalized spacial score (nSPS) is 19.3. The summed E-state index contributed by atoms with van der Waals surface area (Å²) in [4.78, 5) is 13.8. The van der Waals surface area contributed by atoms with Gasteiger partial charge in [-0.15, -0.1) is 0 Å².